The summed E-state index contributed by atoms with van der Waals surface area (Å²) in [7, 11) is -9.33. The lowest BCUT2D eigenvalue weighted by atomic mass is 10.0. The van der Waals surface area contributed by atoms with Gasteiger partial charge >= 0.3 is 15.6 Å². The third-order valence-electron chi connectivity index (χ3n) is 9.20. The zero-order chi connectivity index (χ0) is 47.8. The fourth-order valence-electron chi connectivity index (χ4n) is 6.62. The molecule has 0 bridgehead atoms. The maximum absolute atomic E-state index is 13.0. The molecule has 4 aromatic rings. The Kier molecular flexibility index (Phi) is 20.0. The van der Waals surface area contributed by atoms with Gasteiger partial charge in [0.25, 0.3) is 11.8 Å². The van der Waals surface area contributed by atoms with Gasteiger partial charge < -0.3 is 41.8 Å². The molecule has 4 aromatic carbocycles. The molecule has 0 saturated carbocycles. The van der Waals surface area contributed by atoms with Gasteiger partial charge in [0.2, 0.25) is 11.8 Å². The minimum atomic E-state index is -4.66. The molecule has 18 nitrogen and oxygen atoms in total. The van der Waals surface area contributed by atoms with E-state index in [-0.39, 0.29) is 53.8 Å². The number of hydrogen-bond acceptors (Lipinski definition) is 10. The van der Waals surface area contributed by atoms with Crippen molar-refractivity contribution in [2.24, 2.45) is 11.8 Å². The van der Waals surface area contributed by atoms with Crippen LogP contribution >= 0.6 is 15.6 Å². The molecular weight excluding hydrogens is 866 g/mol. The van der Waals surface area contributed by atoms with Crippen molar-refractivity contribution < 1.29 is 56.9 Å². The van der Waals surface area contributed by atoms with Crippen molar-refractivity contribution in [3.63, 3.8) is 0 Å². The number of benzene rings is 4. The fourth-order valence-corrected chi connectivity index (χ4v) is 7.41. The smallest absolute Gasteiger partial charge is 0.404 e. The summed E-state index contributed by atoms with van der Waals surface area (Å²) in [5, 5.41) is 11.4. The first-order chi connectivity index (χ1) is 29.9. The summed E-state index contributed by atoms with van der Waals surface area (Å²) in [6.45, 7) is 12.0. The molecule has 64 heavy (non-hydrogen) atoms. The Morgan fingerprint density at radius 2 is 0.984 bits per heavy atom. The first-order valence-corrected chi connectivity index (χ1v) is 23.5. The number of nitrogens with one attached hydrogen (secondary N) is 4. The van der Waals surface area contributed by atoms with E-state index >= 15 is 0 Å². The Labute approximate surface area is 373 Å². The van der Waals surface area contributed by atoms with Crippen molar-refractivity contribution in [2.75, 3.05) is 11.5 Å². The molecule has 4 atom stereocenters. The van der Waals surface area contributed by atoms with Gasteiger partial charge in [0, 0.05) is 41.9 Å². The molecule has 0 saturated heterocycles. The van der Waals surface area contributed by atoms with Crippen LogP contribution in [-0.2, 0) is 31.6 Å². The molecule has 0 aliphatic rings. The van der Waals surface area contributed by atoms with Gasteiger partial charge in [-0.05, 0) is 104 Å². The van der Waals surface area contributed by atoms with Crippen LogP contribution in [0.3, 0.4) is 0 Å². The van der Waals surface area contributed by atoms with Crippen LogP contribution in [0.2, 0.25) is 0 Å². The van der Waals surface area contributed by atoms with Crippen LogP contribution in [-0.4, -0.2) is 67.4 Å². The second-order valence-corrected chi connectivity index (χ2v) is 18.5. The van der Waals surface area contributed by atoms with Crippen molar-refractivity contribution in [1.82, 2.24) is 21.3 Å². The fraction of sp³-hybridized carbons (Fsp3) is 0.364. The minimum absolute atomic E-state index is 0.00237. The van der Waals surface area contributed by atoms with Crippen LogP contribution in [0.15, 0.2) is 97.1 Å². The molecular formula is C44H60N6O12P2. The van der Waals surface area contributed by atoms with Crippen LogP contribution in [0, 0.1) is 11.8 Å². The molecule has 0 aliphatic carbocycles. The zero-order valence-electron chi connectivity index (χ0n) is 36.6. The Balaban J connectivity index is 0.000000340. The van der Waals surface area contributed by atoms with Gasteiger partial charge in [0.05, 0.1) is 5.56 Å². The number of hydrogen-bond donors (Lipinski definition) is 10. The van der Waals surface area contributed by atoms with Gasteiger partial charge in [0.15, 0.2) is 0 Å². The molecule has 0 radical (unpaired) electrons. The van der Waals surface area contributed by atoms with E-state index in [1.54, 1.807) is 66.7 Å². The Morgan fingerprint density at radius 1 is 0.562 bits per heavy atom. The number of para-hydroxylation sites is 1. The predicted octanol–water partition coefficient (Wildman–Crippen LogP) is 5.26. The number of anilines is 2. The Morgan fingerprint density at radius 3 is 1.38 bits per heavy atom. The number of nitrogen functional groups attached to an aromatic ring is 2. The van der Waals surface area contributed by atoms with Crippen molar-refractivity contribution in [3.8, 4) is 11.5 Å². The van der Waals surface area contributed by atoms with E-state index in [0.29, 0.717) is 39.9 Å². The van der Waals surface area contributed by atoms with Crippen LogP contribution in [0.5, 0.6) is 11.5 Å². The number of phosphoric ester groups is 2. The second kappa shape index (κ2) is 24.4. The van der Waals surface area contributed by atoms with Crippen LogP contribution in [0.25, 0.3) is 0 Å². The van der Waals surface area contributed by atoms with Gasteiger partial charge in [-0.15, -0.1) is 0 Å². The maximum atomic E-state index is 13.0. The molecule has 0 aliphatic heterocycles. The summed E-state index contributed by atoms with van der Waals surface area (Å²) in [6, 6.07) is 23.0. The molecule has 0 heterocycles. The van der Waals surface area contributed by atoms with Crippen molar-refractivity contribution in [3.05, 3.63) is 119 Å². The van der Waals surface area contributed by atoms with Crippen molar-refractivity contribution in [1.29, 1.82) is 0 Å². The van der Waals surface area contributed by atoms with E-state index in [0.717, 1.165) is 12.8 Å². The monoisotopic (exact) mass is 926 g/mol. The zero-order valence-corrected chi connectivity index (χ0v) is 38.4. The van der Waals surface area contributed by atoms with Gasteiger partial charge in [-0.3, -0.25) is 38.8 Å². The van der Waals surface area contributed by atoms with Crippen molar-refractivity contribution >= 4 is 50.6 Å². The quantitative estimate of drug-likeness (QED) is 0.0399. The molecule has 0 spiro atoms. The number of phosphoric acid groups is 2. The van der Waals surface area contributed by atoms with E-state index in [1.165, 1.54) is 30.3 Å². The summed E-state index contributed by atoms with van der Waals surface area (Å²) in [5.74, 6) is -0.789. The Hall–Kier alpha value is -5.74. The second-order valence-electron chi connectivity index (χ2n) is 16.2. The van der Waals surface area contributed by atoms with Crippen LogP contribution in [0.4, 0.5) is 11.4 Å². The summed E-state index contributed by atoms with van der Waals surface area (Å²) in [6.07, 6.45) is 1.90. The lowest BCUT2D eigenvalue weighted by molar-refractivity contribution is -0.124. The molecule has 4 rings (SSSR count). The highest BCUT2D eigenvalue weighted by atomic mass is 31.2. The van der Waals surface area contributed by atoms with E-state index in [4.69, 9.17) is 31.0 Å². The number of amides is 4. The highest BCUT2D eigenvalue weighted by Gasteiger charge is 2.26. The summed E-state index contributed by atoms with van der Waals surface area (Å²) in [5.41, 5.74) is 14.3. The van der Waals surface area contributed by atoms with E-state index in [2.05, 4.69) is 58.0 Å². The van der Waals surface area contributed by atoms with Crippen LogP contribution < -0.4 is 41.8 Å². The number of carbonyl (C=O) groups excluding carboxylic acids is 4. The molecule has 12 N–H and O–H groups in total. The van der Waals surface area contributed by atoms with Gasteiger partial charge in [-0.1, -0.05) is 70.2 Å². The summed E-state index contributed by atoms with van der Waals surface area (Å²) in [4.78, 5) is 87.0. The minimum Gasteiger partial charge on any atom is -0.404 e. The highest BCUT2D eigenvalue weighted by molar-refractivity contribution is 7.47. The average Bonchev–Trinajstić information content (AvgIpc) is 3.17. The standard InChI is InChI=1S/2C22H30N3O6P/c1-14(2)11-15(3)24-22(27)20(25-21(26)17-5-4-6-18(23)13-17)12-16-7-9-19(10-8-16)31-32(28,29)30;1-14(2)12-15(3)24-22(27)20(25-21(26)18-6-4-5-7-19(18)23)13-16-8-10-17(11-9-16)31-32(28,29)30/h4-10,13-15,20H,11-12,23H2,1-3H3,(H,24,27)(H,25,26)(H2,28,29,30);4-11,14-15,20H,12-13,23H2,1-3H3,(H,24,27)(H,25,26)(H2,28,29,30). The normalized spacial score (nSPS) is 13.3. The largest absolute Gasteiger partial charge is 0.524 e. The first-order valence-electron chi connectivity index (χ1n) is 20.5. The SMILES string of the molecule is CC(C)CC(C)NC(=O)C(Cc1ccc(OP(=O)(O)O)cc1)NC(=O)c1cccc(N)c1.CC(C)CC(C)NC(=O)C(Cc1ccc(OP(=O)(O)O)cc1)NC(=O)c1ccccc1N. The maximum Gasteiger partial charge on any atom is 0.524 e. The van der Waals surface area contributed by atoms with Crippen LogP contribution in [0.1, 0.15) is 86.2 Å². The third-order valence-corrected chi connectivity index (χ3v) is 10.1. The summed E-state index contributed by atoms with van der Waals surface area (Å²) >= 11 is 0. The molecule has 0 fully saturated rings. The van der Waals surface area contributed by atoms with E-state index in [9.17, 15) is 28.3 Å². The Bertz CT molecular complexity index is 2270. The molecule has 348 valence electrons. The third kappa shape index (κ3) is 19.8. The average molecular weight is 927 g/mol. The van der Waals surface area contributed by atoms with Gasteiger partial charge in [0.1, 0.15) is 23.6 Å². The topological polar surface area (TPSA) is 302 Å². The van der Waals surface area contributed by atoms with E-state index < -0.39 is 39.5 Å². The highest BCUT2D eigenvalue weighted by Crippen LogP contribution is 2.38. The number of carbonyl (C=O) groups is 4. The lowest BCUT2D eigenvalue weighted by Gasteiger charge is -2.23. The number of nitrogens with two attached hydrogens (primary N) is 2. The first kappa shape index (κ1) is 52.6. The molecule has 4 amide bonds. The van der Waals surface area contributed by atoms with E-state index in [1.807, 2.05) is 13.8 Å². The number of rotatable bonds is 20. The lowest BCUT2D eigenvalue weighted by Crippen LogP contribution is -2.50. The molecule has 20 heteroatoms. The van der Waals surface area contributed by atoms with Crippen molar-refractivity contribution in [2.45, 2.75) is 91.4 Å². The molecule has 0 aromatic heterocycles. The van der Waals surface area contributed by atoms with Gasteiger partial charge in [-0.25, -0.2) is 9.13 Å². The summed E-state index contributed by atoms with van der Waals surface area (Å²) < 4.78 is 31.0. The van der Waals surface area contributed by atoms with Gasteiger partial charge in [-0.2, -0.15) is 0 Å². The predicted molar refractivity (Wildman–Crippen MR) is 244 cm³/mol. The molecule has 4 unspecified atom stereocenters.